The fourth-order valence-electron chi connectivity index (χ4n) is 3.72. The van der Waals surface area contributed by atoms with Gasteiger partial charge in [-0.1, -0.05) is 30.3 Å². The number of likely N-dealkylation sites (tertiary alicyclic amines) is 1. The molecule has 1 aliphatic rings. The van der Waals surface area contributed by atoms with Crippen molar-refractivity contribution in [2.75, 3.05) is 19.7 Å². The van der Waals surface area contributed by atoms with E-state index in [1.165, 1.54) is 16.7 Å². The van der Waals surface area contributed by atoms with Gasteiger partial charge in [0.05, 0.1) is 17.4 Å². The van der Waals surface area contributed by atoms with Crippen molar-refractivity contribution in [2.45, 2.75) is 26.4 Å². The summed E-state index contributed by atoms with van der Waals surface area (Å²) in [5, 5.41) is 4.29. The van der Waals surface area contributed by atoms with Crippen LogP contribution in [0.4, 0.5) is 0 Å². The molecule has 6 heteroatoms. The third-order valence-corrected chi connectivity index (χ3v) is 6.36. The van der Waals surface area contributed by atoms with E-state index in [0.717, 1.165) is 16.7 Å². The van der Waals surface area contributed by atoms with Crippen LogP contribution in [-0.4, -0.2) is 36.5 Å². The van der Waals surface area contributed by atoms with Crippen LogP contribution in [0.15, 0.2) is 53.9 Å². The van der Waals surface area contributed by atoms with Crippen LogP contribution in [0.5, 0.6) is 5.75 Å². The maximum atomic E-state index is 12.8. The average molecular weight is 424 g/mol. The second-order valence-corrected chi connectivity index (χ2v) is 8.35. The third-order valence-electron chi connectivity index (χ3n) is 5.39. The first kappa shape index (κ1) is 20.4. The molecule has 156 valence electrons. The highest BCUT2D eigenvalue weighted by Crippen LogP contribution is 2.25. The van der Waals surface area contributed by atoms with Gasteiger partial charge in [-0.15, -0.1) is 11.3 Å². The Morgan fingerprint density at radius 3 is 2.60 bits per heavy atom. The van der Waals surface area contributed by atoms with E-state index >= 15 is 0 Å². The van der Waals surface area contributed by atoms with E-state index < -0.39 is 0 Å². The number of amides is 1. The highest BCUT2D eigenvalue weighted by Gasteiger charge is 2.29. The second kappa shape index (κ2) is 9.30. The zero-order valence-corrected chi connectivity index (χ0v) is 17.8. The number of hydrogen-bond acceptors (Lipinski definition) is 5. The molecule has 0 saturated carbocycles. The molecule has 4 rings (SSSR count). The van der Waals surface area contributed by atoms with E-state index in [4.69, 9.17) is 9.47 Å². The maximum absolute atomic E-state index is 12.8. The van der Waals surface area contributed by atoms with Crippen LogP contribution in [0.3, 0.4) is 0 Å². The SMILES string of the molecule is CCOC(=O)C1CCN(C(=O)c2cc(COc3ccc4ccccc4c3)cs2)CC1. The van der Waals surface area contributed by atoms with Crippen molar-refractivity contribution >= 4 is 34.0 Å². The van der Waals surface area contributed by atoms with Gasteiger partial charge >= 0.3 is 5.97 Å². The predicted octanol–water partition coefficient (Wildman–Crippen LogP) is 4.90. The van der Waals surface area contributed by atoms with Gasteiger partial charge in [0, 0.05) is 18.7 Å². The summed E-state index contributed by atoms with van der Waals surface area (Å²) in [7, 11) is 0. The summed E-state index contributed by atoms with van der Waals surface area (Å²) in [6.07, 6.45) is 1.32. The Bertz CT molecular complexity index is 1040. The minimum Gasteiger partial charge on any atom is -0.489 e. The monoisotopic (exact) mass is 423 g/mol. The van der Waals surface area contributed by atoms with E-state index in [0.29, 0.717) is 44.0 Å². The van der Waals surface area contributed by atoms with Crippen molar-refractivity contribution in [2.24, 2.45) is 5.92 Å². The number of fused-ring (bicyclic) bond motifs is 1. The van der Waals surface area contributed by atoms with Crippen LogP contribution >= 0.6 is 11.3 Å². The van der Waals surface area contributed by atoms with Crippen molar-refractivity contribution in [3.8, 4) is 5.75 Å². The summed E-state index contributed by atoms with van der Waals surface area (Å²) in [6.45, 7) is 3.81. The minimum atomic E-state index is -0.145. The first-order chi connectivity index (χ1) is 14.6. The molecule has 1 aliphatic heterocycles. The molecule has 0 aliphatic carbocycles. The van der Waals surface area contributed by atoms with Crippen molar-refractivity contribution in [3.63, 3.8) is 0 Å². The number of nitrogens with zero attached hydrogens (tertiary/aromatic N) is 1. The Balaban J connectivity index is 1.32. The first-order valence-corrected chi connectivity index (χ1v) is 11.2. The number of piperidine rings is 1. The molecule has 1 amide bonds. The quantitative estimate of drug-likeness (QED) is 0.530. The average Bonchev–Trinajstić information content (AvgIpc) is 3.26. The molecule has 0 spiro atoms. The fourth-order valence-corrected chi connectivity index (χ4v) is 4.59. The number of thiophene rings is 1. The van der Waals surface area contributed by atoms with Gasteiger partial charge in [0.1, 0.15) is 12.4 Å². The van der Waals surface area contributed by atoms with E-state index in [2.05, 4.69) is 12.1 Å². The van der Waals surface area contributed by atoms with Crippen molar-refractivity contribution in [3.05, 3.63) is 64.4 Å². The first-order valence-electron chi connectivity index (χ1n) is 10.3. The summed E-state index contributed by atoms with van der Waals surface area (Å²) < 4.78 is 11.0. The number of carbonyl (C=O) groups is 2. The standard InChI is InChI=1S/C24H25NO4S/c1-2-28-24(27)19-9-11-25(12-10-19)23(26)22-13-17(16-30-22)15-29-21-8-7-18-5-3-4-6-20(18)14-21/h3-8,13-14,16,19H,2,9-12,15H2,1H3. The Kier molecular flexibility index (Phi) is 6.33. The fraction of sp³-hybridized carbons (Fsp3) is 0.333. The molecular weight excluding hydrogens is 398 g/mol. The zero-order valence-electron chi connectivity index (χ0n) is 17.0. The topological polar surface area (TPSA) is 55.8 Å². The number of hydrogen-bond donors (Lipinski definition) is 0. The summed E-state index contributed by atoms with van der Waals surface area (Å²) in [6, 6.07) is 16.1. The molecule has 0 radical (unpaired) electrons. The molecule has 30 heavy (non-hydrogen) atoms. The Morgan fingerprint density at radius 2 is 1.83 bits per heavy atom. The number of ether oxygens (including phenoxy) is 2. The van der Waals surface area contributed by atoms with Gasteiger partial charge in [-0.2, -0.15) is 0 Å². The Morgan fingerprint density at radius 1 is 1.07 bits per heavy atom. The normalized spacial score (nSPS) is 14.6. The molecule has 0 bridgehead atoms. The van der Waals surface area contributed by atoms with Crippen molar-refractivity contribution < 1.29 is 19.1 Å². The molecule has 0 atom stereocenters. The summed E-state index contributed by atoms with van der Waals surface area (Å²) in [5.74, 6) is 0.602. The smallest absolute Gasteiger partial charge is 0.309 e. The number of esters is 1. The largest absolute Gasteiger partial charge is 0.489 e. The number of carbonyl (C=O) groups excluding carboxylic acids is 2. The molecule has 5 nitrogen and oxygen atoms in total. The van der Waals surface area contributed by atoms with Crippen LogP contribution in [0, 0.1) is 5.92 Å². The minimum absolute atomic E-state index is 0.0271. The molecule has 1 saturated heterocycles. The second-order valence-electron chi connectivity index (χ2n) is 7.44. The van der Waals surface area contributed by atoms with Gasteiger partial charge in [-0.3, -0.25) is 9.59 Å². The van der Waals surface area contributed by atoms with Crippen LogP contribution in [0.2, 0.25) is 0 Å². The van der Waals surface area contributed by atoms with Crippen LogP contribution in [0.25, 0.3) is 10.8 Å². The summed E-state index contributed by atoms with van der Waals surface area (Å²) >= 11 is 1.44. The molecule has 1 fully saturated rings. The van der Waals surface area contributed by atoms with Gasteiger partial charge in [0.2, 0.25) is 0 Å². The number of rotatable bonds is 6. The lowest BCUT2D eigenvalue weighted by atomic mass is 9.97. The van der Waals surface area contributed by atoms with Crippen LogP contribution < -0.4 is 4.74 Å². The van der Waals surface area contributed by atoms with Gasteiger partial charge in [-0.05, 0) is 54.1 Å². The summed E-state index contributed by atoms with van der Waals surface area (Å²) in [5.41, 5.74) is 0.984. The number of benzene rings is 2. The van der Waals surface area contributed by atoms with E-state index in [9.17, 15) is 9.59 Å². The van der Waals surface area contributed by atoms with E-state index in [-0.39, 0.29) is 17.8 Å². The molecule has 1 aromatic heterocycles. The lowest BCUT2D eigenvalue weighted by Gasteiger charge is -2.30. The molecule has 0 N–H and O–H groups in total. The van der Waals surface area contributed by atoms with E-state index in [1.54, 1.807) is 0 Å². The van der Waals surface area contributed by atoms with E-state index in [1.807, 2.05) is 53.6 Å². The van der Waals surface area contributed by atoms with Crippen LogP contribution in [-0.2, 0) is 16.1 Å². The van der Waals surface area contributed by atoms with Gasteiger partial charge in [0.25, 0.3) is 5.91 Å². The van der Waals surface area contributed by atoms with Gasteiger partial charge < -0.3 is 14.4 Å². The zero-order chi connectivity index (χ0) is 20.9. The predicted molar refractivity (Wildman–Crippen MR) is 118 cm³/mol. The lowest BCUT2D eigenvalue weighted by Crippen LogP contribution is -2.40. The van der Waals surface area contributed by atoms with Crippen molar-refractivity contribution in [1.29, 1.82) is 0 Å². The lowest BCUT2D eigenvalue weighted by molar-refractivity contribution is -0.149. The third kappa shape index (κ3) is 4.65. The molecule has 3 aromatic rings. The molecular formula is C24H25NO4S. The van der Waals surface area contributed by atoms with Gasteiger partial charge in [-0.25, -0.2) is 0 Å². The highest BCUT2D eigenvalue weighted by molar-refractivity contribution is 7.12. The van der Waals surface area contributed by atoms with Gasteiger partial charge in [0.15, 0.2) is 0 Å². The maximum Gasteiger partial charge on any atom is 0.309 e. The molecule has 2 heterocycles. The Labute approximate surface area is 180 Å². The molecule has 0 unspecified atom stereocenters. The Hall–Kier alpha value is -2.86. The van der Waals surface area contributed by atoms with Crippen molar-refractivity contribution in [1.82, 2.24) is 4.90 Å². The summed E-state index contributed by atoms with van der Waals surface area (Å²) in [4.78, 5) is 27.2. The molecule has 2 aromatic carbocycles. The van der Waals surface area contributed by atoms with Crippen LogP contribution in [0.1, 0.15) is 35.0 Å². The highest BCUT2D eigenvalue weighted by atomic mass is 32.1.